The highest BCUT2D eigenvalue weighted by atomic mass is 35.5. The molecule has 0 atom stereocenters. The van der Waals surface area contributed by atoms with Gasteiger partial charge in [0.2, 0.25) is 11.8 Å². The molecule has 1 aliphatic rings. The van der Waals surface area contributed by atoms with Crippen molar-refractivity contribution in [1.82, 2.24) is 10.3 Å². The topological polar surface area (TPSA) is 55.1 Å². The van der Waals surface area contributed by atoms with Gasteiger partial charge in [0.25, 0.3) is 0 Å². The number of benzene rings is 1. The molecule has 0 unspecified atom stereocenters. The summed E-state index contributed by atoms with van der Waals surface area (Å²) in [6, 6.07) is 7.86. The highest BCUT2D eigenvalue weighted by Crippen LogP contribution is 2.29. The fourth-order valence-corrected chi connectivity index (χ4v) is 4.12. The van der Waals surface area contributed by atoms with Gasteiger partial charge in [-0.25, -0.2) is 4.98 Å². The number of hydrogen-bond acceptors (Lipinski definition) is 4. The van der Waals surface area contributed by atoms with Crippen LogP contribution < -0.4 is 5.32 Å². The van der Waals surface area contributed by atoms with Crippen molar-refractivity contribution in [3.8, 4) is 11.5 Å². The van der Waals surface area contributed by atoms with Crippen molar-refractivity contribution in [2.75, 3.05) is 5.75 Å². The van der Waals surface area contributed by atoms with Crippen LogP contribution in [0.1, 0.15) is 43.6 Å². The minimum atomic E-state index is 0.115. The molecule has 1 fully saturated rings. The zero-order valence-corrected chi connectivity index (χ0v) is 16.0. The van der Waals surface area contributed by atoms with E-state index in [1.165, 1.54) is 19.3 Å². The Morgan fingerprint density at radius 2 is 2.08 bits per heavy atom. The summed E-state index contributed by atoms with van der Waals surface area (Å²) in [7, 11) is 0. The molecule has 1 aliphatic carbocycles. The van der Waals surface area contributed by atoms with Gasteiger partial charge in [-0.3, -0.25) is 4.79 Å². The average molecular weight is 379 g/mol. The molecular formula is C19H23ClN2O2S. The van der Waals surface area contributed by atoms with Crippen LogP contribution in [0.4, 0.5) is 0 Å². The van der Waals surface area contributed by atoms with Gasteiger partial charge in [-0.2, -0.15) is 0 Å². The van der Waals surface area contributed by atoms with E-state index >= 15 is 0 Å². The Bertz CT molecular complexity index is 726. The molecule has 3 rings (SSSR count). The van der Waals surface area contributed by atoms with Crippen LogP contribution in [0.5, 0.6) is 0 Å². The molecule has 1 aromatic carbocycles. The monoisotopic (exact) mass is 378 g/mol. The summed E-state index contributed by atoms with van der Waals surface area (Å²) in [5.74, 6) is 2.52. The van der Waals surface area contributed by atoms with Crippen LogP contribution in [-0.2, 0) is 10.5 Å². The number of carbonyl (C=O) groups is 1. The van der Waals surface area contributed by atoms with Crippen LogP contribution in [0.25, 0.3) is 11.5 Å². The molecule has 2 aromatic rings. The van der Waals surface area contributed by atoms with Crippen molar-refractivity contribution < 1.29 is 9.21 Å². The fraction of sp³-hybridized carbons (Fsp3) is 0.474. The quantitative estimate of drug-likeness (QED) is 0.769. The van der Waals surface area contributed by atoms with Crippen LogP contribution in [0.2, 0.25) is 5.02 Å². The predicted molar refractivity (Wildman–Crippen MR) is 103 cm³/mol. The van der Waals surface area contributed by atoms with Gasteiger partial charge in [0.05, 0.1) is 22.0 Å². The number of thioether (sulfide) groups is 1. The molecule has 1 aromatic heterocycles. The van der Waals surface area contributed by atoms with E-state index in [-0.39, 0.29) is 5.91 Å². The van der Waals surface area contributed by atoms with Gasteiger partial charge in [-0.1, -0.05) is 43.0 Å². The number of aryl methyl sites for hydroxylation is 1. The summed E-state index contributed by atoms with van der Waals surface area (Å²) in [4.78, 5) is 16.6. The second kappa shape index (κ2) is 8.77. The van der Waals surface area contributed by atoms with E-state index in [1.54, 1.807) is 11.8 Å². The number of nitrogens with one attached hydrogen (secondary N) is 1. The third-order valence-electron chi connectivity index (χ3n) is 4.44. The zero-order valence-electron chi connectivity index (χ0n) is 14.4. The number of nitrogens with zero attached hydrogens (tertiary/aromatic N) is 1. The van der Waals surface area contributed by atoms with Gasteiger partial charge in [-0.15, -0.1) is 11.8 Å². The van der Waals surface area contributed by atoms with Crippen molar-refractivity contribution in [2.45, 2.75) is 50.8 Å². The molecule has 0 bridgehead atoms. The van der Waals surface area contributed by atoms with Crippen molar-refractivity contribution >= 4 is 29.3 Å². The summed E-state index contributed by atoms with van der Waals surface area (Å²) in [6.45, 7) is 1.89. The molecule has 0 saturated heterocycles. The Balaban J connectivity index is 1.52. The molecule has 134 valence electrons. The Morgan fingerprint density at radius 1 is 1.32 bits per heavy atom. The number of amides is 1. The lowest BCUT2D eigenvalue weighted by Gasteiger charge is -2.22. The predicted octanol–water partition coefficient (Wildman–Crippen LogP) is 4.99. The van der Waals surface area contributed by atoms with E-state index in [1.807, 2.05) is 31.2 Å². The minimum Gasteiger partial charge on any atom is -0.441 e. The molecule has 1 saturated carbocycles. The lowest BCUT2D eigenvalue weighted by Crippen LogP contribution is -2.37. The summed E-state index contributed by atoms with van der Waals surface area (Å²) in [5, 5.41) is 3.76. The van der Waals surface area contributed by atoms with Gasteiger partial charge in [0.1, 0.15) is 5.76 Å². The van der Waals surface area contributed by atoms with Crippen molar-refractivity contribution in [3.05, 3.63) is 40.7 Å². The van der Waals surface area contributed by atoms with Crippen molar-refractivity contribution in [1.29, 1.82) is 0 Å². The minimum absolute atomic E-state index is 0.115. The second-order valence-electron chi connectivity index (χ2n) is 6.40. The molecule has 6 heteroatoms. The summed E-state index contributed by atoms with van der Waals surface area (Å²) in [5.41, 5.74) is 1.66. The normalized spacial score (nSPS) is 15.3. The van der Waals surface area contributed by atoms with Crippen LogP contribution in [0, 0.1) is 6.92 Å². The van der Waals surface area contributed by atoms with Gasteiger partial charge in [0, 0.05) is 11.8 Å². The van der Waals surface area contributed by atoms with Crippen molar-refractivity contribution in [2.24, 2.45) is 0 Å². The van der Waals surface area contributed by atoms with Crippen LogP contribution in [0.15, 0.2) is 28.7 Å². The summed E-state index contributed by atoms with van der Waals surface area (Å²) in [6.07, 6.45) is 5.96. The number of hydrogen-bond donors (Lipinski definition) is 1. The van der Waals surface area contributed by atoms with Gasteiger partial charge in [-0.05, 0) is 31.9 Å². The Hall–Kier alpha value is -1.46. The fourth-order valence-electron chi connectivity index (χ4n) is 3.07. The van der Waals surface area contributed by atoms with Gasteiger partial charge >= 0.3 is 0 Å². The zero-order chi connectivity index (χ0) is 17.6. The second-order valence-corrected chi connectivity index (χ2v) is 7.79. The van der Waals surface area contributed by atoms with Crippen LogP contribution in [-0.4, -0.2) is 22.7 Å². The molecule has 0 spiro atoms. The first kappa shape index (κ1) is 18.3. The van der Waals surface area contributed by atoms with E-state index in [4.69, 9.17) is 16.0 Å². The molecule has 0 radical (unpaired) electrons. The Morgan fingerprint density at radius 3 is 2.84 bits per heavy atom. The van der Waals surface area contributed by atoms with E-state index in [9.17, 15) is 4.79 Å². The molecule has 4 nitrogen and oxygen atoms in total. The van der Waals surface area contributed by atoms with Crippen molar-refractivity contribution in [3.63, 3.8) is 0 Å². The Kier molecular flexibility index (Phi) is 6.43. The smallest absolute Gasteiger partial charge is 0.230 e. The first-order valence-electron chi connectivity index (χ1n) is 8.72. The number of halogens is 1. The highest BCUT2D eigenvalue weighted by molar-refractivity contribution is 7.99. The van der Waals surface area contributed by atoms with E-state index in [2.05, 4.69) is 10.3 Å². The number of oxazole rings is 1. The molecule has 25 heavy (non-hydrogen) atoms. The van der Waals surface area contributed by atoms with Crippen LogP contribution >= 0.6 is 23.4 Å². The maximum atomic E-state index is 12.1. The van der Waals surface area contributed by atoms with Crippen LogP contribution in [0.3, 0.4) is 0 Å². The van der Waals surface area contributed by atoms with E-state index in [0.29, 0.717) is 28.5 Å². The highest BCUT2D eigenvalue weighted by Gasteiger charge is 2.17. The maximum Gasteiger partial charge on any atom is 0.230 e. The summed E-state index contributed by atoms with van der Waals surface area (Å²) >= 11 is 7.76. The largest absolute Gasteiger partial charge is 0.441 e. The SMILES string of the molecule is Cc1oc(-c2ccccc2Cl)nc1CSCC(=O)NC1CCCCC1. The first-order valence-corrected chi connectivity index (χ1v) is 10.2. The van der Waals surface area contributed by atoms with Gasteiger partial charge in [0.15, 0.2) is 0 Å². The number of carbonyl (C=O) groups excluding carboxylic acids is 1. The first-order chi connectivity index (χ1) is 12.1. The standard InChI is InChI=1S/C19H23ClN2O2S/c1-13-17(22-19(24-13)15-9-5-6-10-16(15)20)11-25-12-18(23)21-14-7-3-2-4-8-14/h5-6,9-10,14H,2-4,7-8,11-12H2,1H3,(H,21,23). The molecular weight excluding hydrogens is 356 g/mol. The number of rotatable bonds is 6. The molecule has 1 amide bonds. The van der Waals surface area contributed by atoms with Gasteiger partial charge < -0.3 is 9.73 Å². The maximum absolute atomic E-state index is 12.1. The number of aromatic nitrogens is 1. The molecule has 0 aliphatic heterocycles. The lowest BCUT2D eigenvalue weighted by molar-refractivity contribution is -0.119. The Labute approximate surface area is 157 Å². The average Bonchev–Trinajstić information content (AvgIpc) is 2.97. The third-order valence-corrected chi connectivity index (χ3v) is 5.71. The van der Waals surface area contributed by atoms with E-state index < -0.39 is 0 Å². The molecule has 1 N–H and O–H groups in total. The third kappa shape index (κ3) is 5.02. The summed E-state index contributed by atoms with van der Waals surface area (Å²) < 4.78 is 5.75. The molecule has 1 heterocycles. The lowest BCUT2D eigenvalue weighted by atomic mass is 9.95. The van der Waals surface area contributed by atoms with E-state index in [0.717, 1.165) is 29.9 Å².